The van der Waals surface area contributed by atoms with E-state index in [1.807, 2.05) is 13.8 Å². The highest BCUT2D eigenvalue weighted by Crippen LogP contribution is 2.44. The predicted octanol–water partition coefficient (Wildman–Crippen LogP) is 1.47. The van der Waals surface area contributed by atoms with Gasteiger partial charge in [-0.1, -0.05) is 32.1 Å². The van der Waals surface area contributed by atoms with Crippen molar-refractivity contribution in [1.82, 2.24) is 10.2 Å². The summed E-state index contributed by atoms with van der Waals surface area (Å²) in [7, 11) is 0. The van der Waals surface area contributed by atoms with Crippen molar-refractivity contribution < 1.29 is 23.9 Å². The maximum atomic E-state index is 13.2. The first-order valence-corrected chi connectivity index (χ1v) is 9.61. The van der Waals surface area contributed by atoms with Gasteiger partial charge in [-0.2, -0.15) is 0 Å². The van der Waals surface area contributed by atoms with Crippen molar-refractivity contribution in [2.45, 2.75) is 32.4 Å². The van der Waals surface area contributed by atoms with Gasteiger partial charge in [0.05, 0.1) is 11.3 Å². The van der Waals surface area contributed by atoms with Gasteiger partial charge in [0.1, 0.15) is 0 Å². The molecule has 0 aliphatic carbocycles. The topological polar surface area (TPSA) is 96.0 Å². The van der Waals surface area contributed by atoms with Crippen LogP contribution in [0.5, 0.6) is 0 Å². The van der Waals surface area contributed by atoms with Gasteiger partial charge in [-0.05, 0) is 18.1 Å². The Morgan fingerprint density at radius 3 is 2.72 bits per heavy atom. The van der Waals surface area contributed by atoms with Gasteiger partial charge in [-0.3, -0.25) is 19.3 Å². The number of rotatable bonds is 7. The van der Waals surface area contributed by atoms with Gasteiger partial charge in [-0.25, -0.2) is 4.79 Å². The van der Waals surface area contributed by atoms with Gasteiger partial charge in [-0.15, -0.1) is 6.58 Å². The van der Waals surface area contributed by atoms with E-state index in [1.54, 1.807) is 24.3 Å². The summed E-state index contributed by atoms with van der Waals surface area (Å²) in [6.07, 6.45) is 1.67. The summed E-state index contributed by atoms with van der Waals surface area (Å²) in [6, 6.07) is 6.66. The van der Waals surface area contributed by atoms with E-state index in [4.69, 9.17) is 4.74 Å². The Kier molecular flexibility index (Phi) is 5.72. The van der Waals surface area contributed by atoms with Crippen molar-refractivity contribution in [3.8, 4) is 0 Å². The minimum atomic E-state index is -1.62. The molecule has 0 aromatic heterocycles. The Morgan fingerprint density at radius 2 is 2.03 bits per heavy atom. The smallest absolute Gasteiger partial charge is 0.354 e. The lowest BCUT2D eigenvalue weighted by molar-refractivity contribution is -0.159. The number of hydrogen-bond donors (Lipinski definition) is 1. The number of benzene rings is 1. The number of carbonyl (C=O) groups excluding carboxylic acids is 4. The molecule has 2 heterocycles. The van der Waals surface area contributed by atoms with Gasteiger partial charge in [0.15, 0.2) is 6.61 Å². The zero-order chi connectivity index (χ0) is 21.2. The molecule has 2 aliphatic heterocycles. The second kappa shape index (κ2) is 8.06. The minimum absolute atomic E-state index is 0.0611. The third-order valence-corrected chi connectivity index (χ3v) is 5.05. The number of ether oxygens (including phenoxy) is 1. The lowest BCUT2D eigenvalue weighted by Crippen LogP contribution is -2.68. The largest absolute Gasteiger partial charge is 0.452 e. The average molecular weight is 399 g/mol. The van der Waals surface area contributed by atoms with E-state index >= 15 is 0 Å². The van der Waals surface area contributed by atoms with Crippen molar-refractivity contribution in [1.29, 1.82) is 0 Å². The zero-order valence-corrected chi connectivity index (χ0v) is 16.6. The number of nitrogens with zero attached hydrogens (tertiary/aromatic N) is 2. The molecule has 0 spiro atoms. The van der Waals surface area contributed by atoms with Crippen LogP contribution in [-0.2, 0) is 19.1 Å². The highest BCUT2D eigenvalue weighted by Gasteiger charge is 2.61. The molecule has 1 aromatic carbocycles. The number of para-hydroxylation sites is 1. The summed E-state index contributed by atoms with van der Waals surface area (Å²) in [5.74, 6) is -1.63. The van der Waals surface area contributed by atoms with Crippen LogP contribution in [0.2, 0.25) is 0 Å². The fraction of sp³-hybridized carbons (Fsp3) is 0.429. The van der Waals surface area contributed by atoms with Crippen molar-refractivity contribution in [3.63, 3.8) is 0 Å². The molecule has 0 radical (unpaired) electrons. The third-order valence-electron chi connectivity index (χ3n) is 5.05. The number of amides is 3. The molecule has 1 N–H and O–H groups in total. The van der Waals surface area contributed by atoms with E-state index in [1.165, 1.54) is 15.9 Å². The van der Waals surface area contributed by atoms with E-state index in [0.29, 0.717) is 17.8 Å². The average Bonchev–Trinajstić information content (AvgIpc) is 3.06. The van der Waals surface area contributed by atoms with Gasteiger partial charge in [0.2, 0.25) is 11.6 Å². The maximum Gasteiger partial charge on any atom is 0.354 e. The fourth-order valence-corrected chi connectivity index (χ4v) is 3.75. The van der Waals surface area contributed by atoms with Crippen LogP contribution in [0.4, 0.5) is 5.69 Å². The molecule has 1 aromatic rings. The highest BCUT2D eigenvalue weighted by atomic mass is 16.5. The maximum absolute atomic E-state index is 13.2. The van der Waals surface area contributed by atoms with Gasteiger partial charge >= 0.3 is 5.97 Å². The van der Waals surface area contributed by atoms with Crippen LogP contribution in [0.1, 0.15) is 37.0 Å². The number of fused-ring (bicyclic) bond motifs is 3. The molecule has 2 aliphatic rings. The van der Waals surface area contributed by atoms with Crippen molar-refractivity contribution >= 4 is 29.4 Å². The molecule has 29 heavy (non-hydrogen) atoms. The van der Waals surface area contributed by atoms with Gasteiger partial charge in [0, 0.05) is 25.9 Å². The van der Waals surface area contributed by atoms with Crippen molar-refractivity contribution in [2.75, 3.05) is 24.6 Å². The molecule has 0 saturated carbocycles. The molecule has 3 rings (SSSR count). The summed E-state index contributed by atoms with van der Waals surface area (Å²) in [6.45, 7) is 7.61. The lowest BCUT2D eigenvalue weighted by atomic mass is 9.96. The number of nitrogens with one attached hydrogen (secondary N) is 1. The fourth-order valence-electron chi connectivity index (χ4n) is 3.75. The molecule has 1 atom stereocenters. The van der Waals surface area contributed by atoms with Crippen molar-refractivity contribution in [3.05, 3.63) is 42.5 Å². The second-order valence-corrected chi connectivity index (χ2v) is 7.54. The third kappa shape index (κ3) is 3.50. The minimum Gasteiger partial charge on any atom is -0.452 e. The molecule has 0 bridgehead atoms. The number of esters is 1. The predicted molar refractivity (Wildman–Crippen MR) is 106 cm³/mol. The molecular formula is C21H25N3O5. The van der Waals surface area contributed by atoms with Crippen LogP contribution in [0, 0.1) is 5.92 Å². The Bertz CT molecular complexity index is 866. The van der Waals surface area contributed by atoms with Crippen LogP contribution in [0.3, 0.4) is 0 Å². The normalized spacial score (nSPS) is 20.4. The summed E-state index contributed by atoms with van der Waals surface area (Å²) >= 11 is 0. The molecular weight excluding hydrogens is 374 g/mol. The molecule has 0 unspecified atom stereocenters. The molecule has 3 amide bonds. The quantitative estimate of drug-likeness (QED) is 0.553. The van der Waals surface area contributed by atoms with Crippen LogP contribution >= 0.6 is 0 Å². The Labute approximate surface area is 169 Å². The van der Waals surface area contributed by atoms with Gasteiger partial charge < -0.3 is 15.0 Å². The molecule has 8 nitrogen and oxygen atoms in total. The Morgan fingerprint density at radius 1 is 1.31 bits per heavy atom. The van der Waals surface area contributed by atoms with E-state index < -0.39 is 24.1 Å². The number of anilines is 1. The lowest BCUT2D eigenvalue weighted by Gasteiger charge is -2.47. The second-order valence-electron chi connectivity index (χ2n) is 7.54. The van der Waals surface area contributed by atoms with E-state index in [2.05, 4.69) is 11.9 Å². The highest BCUT2D eigenvalue weighted by molar-refractivity contribution is 6.15. The summed E-state index contributed by atoms with van der Waals surface area (Å²) in [5.41, 5.74) is -0.904. The zero-order valence-electron chi connectivity index (χ0n) is 16.6. The number of hydrogen-bond acceptors (Lipinski definition) is 5. The van der Waals surface area contributed by atoms with E-state index in [-0.39, 0.29) is 37.1 Å². The van der Waals surface area contributed by atoms with Crippen LogP contribution in [0.15, 0.2) is 36.9 Å². The summed E-state index contributed by atoms with van der Waals surface area (Å²) < 4.78 is 5.30. The van der Waals surface area contributed by atoms with Gasteiger partial charge in [0.25, 0.3) is 11.8 Å². The first kappa shape index (κ1) is 20.6. The Balaban J connectivity index is 1.94. The first-order valence-electron chi connectivity index (χ1n) is 9.61. The molecule has 8 heteroatoms. The molecule has 1 saturated heterocycles. The first-order chi connectivity index (χ1) is 13.8. The van der Waals surface area contributed by atoms with E-state index in [9.17, 15) is 19.2 Å². The van der Waals surface area contributed by atoms with Crippen LogP contribution in [-0.4, -0.2) is 54.0 Å². The Hall–Kier alpha value is -3.16. The molecule has 154 valence electrons. The summed E-state index contributed by atoms with van der Waals surface area (Å²) in [4.78, 5) is 53.7. The SMILES string of the molecule is C=CCN1C(=O)c2ccccc2N2C(=O)CC[C@]12C(=O)OCC(=O)NCC(C)C. The summed E-state index contributed by atoms with van der Waals surface area (Å²) in [5, 5.41) is 2.67. The number of carbonyl (C=O) groups is 4. The molecule has 1 fully saturated rings. The van der Waals surface area contributed by atoms with E-state index in [0.717, 1.165) is 0 Å². The standard InChI is InChI=1S/C21H25N3O5/c1-4-11-23-19(27)15-7-5-6-8-16(15)24-18(26)9-10-21(23,24)20(28)29-13-17(25)22-12-14(2)3/h4-8,14H,1,9-13H2,2-3H3,(H,22,25)/t21-/m0/s1. The van der Waals surface area contributed by atoms with Crippen LogP contribution in [0.25, 0.3) is 0 Å². The van der Waals surface area contributed by atoms with Crippen LogP contribution < -0.4 is 10.2 Å². The van der Waals surface area contributed by atoms with Crippen molar-refractivity contribution in [2.24, 2.45) is 5.92 Å². The monoisotopic (exact) mass is 399 g/mol.